The van der Waals surface area contributed by atoms with Crippen molar-refractivity contribution in [1.82, 2.24) is 20.8 Å². The first kappa shape index (κ1) is 19.0. The molecule has 1 aromatic carbocycles. The van der Waals surface area contributed by atoms with E-state index < -0.39 is 0 Å². The molecule has 0 aliphatic carbocycles. The van der Waals surface area contributed by atoms with E-state index in [0.717, 1.165) is 23.8 Å². The number of aromatic nitrogens is 2. The molecule has 0 saturated carbocycles. The third kappa shape index (κ3) is 5.64. The van der Waals surface area contributed by atoms with Crippen molar-refractivity contribution in [3.8, 4) is 11.4 Å². The molecule has 2 N–H and O–H groups in total. The molecule has 2 heterocycles. The number of halogens is 1. The zero-order chi connectivity index (χ0) is 18.2. The van der Waals surface area contributed by atoms with Crippen molar-refractivity contribution in [2.24, 2.45) is 4.99 Å². The Labute approximate surface area is 163 Å². The van der Waals surface area contributed by atoms with Crippen molar-refractivity contribution in [3.05, 3.63) is 35.2 Å². The second-order valence-electron chi connectivity index (χ2n) is 6.09. The van der Waals surface area contributed by atoms with E-state index in [9.17, 15) is 0 Å². The van der Waals surface area contributed by atoms with Crippen molar-refractivity contribution in [2.45, 2.75) is 32.2 Å². The minimum Gasteiger partial charge on any atom is -0.357 e. The molecule has 1 saturated heterocycles. The van der Waals surface area contributed by atoms with Gasteiger partial charge in [-0.15, -0.1) is 0 Å². The molecular weight excluding hydrogens is 370 g/mol. The summed E-state index contributed by atoms with van der Waals surface area (Å²) in [6.45, 7) is 3.50. The zero-order valence-corrected chi connectivity index (χ0v) is 16.4. The highest BCUT2D eigenvalue weighted by atomic mass is 35.5. The minimum absolute atomic E-state index is 0.490. The van der Waals surface area contributed by atoms with E-state index in [1.165, 1.54) is 18.6 Å². The maximum Gasteiger partial charge on any atom is 0.228 e. The van der Waals surface area contributed by atoms with Crippen LogP contribution in [-0.4, -0.2) is 46.7 Å². The summed E-state index contributed by atoms with van der Waals surface area (Å²) >= 11 is 8.01. The number of thioether (sulfide) groups is 1. The summed E-state index contributed by atoms with van der Waals surface area (Å²) in [5, 5.41) is 11.5. The first-order chi connectivity index (χ1) is 12.7. The van der Waals surface area contributed by atoms with Crippen LogP contribution in [0.5, 0.6) is 0 Å². The van der Waals surface area contributed by atoms with Crippen molar-refractivity contribution in [2.75, 3.05) is 24.6 Å². The van der Waals surface area contributed by atoms with Gasteiger partial charge in [0.15, 0.2) is 5.96 Å². The molecule has 1 fully saturated rings. The van der Waals surface area contributed by atoms with Crippen LogP contribution in [0, 0.1) is 0 Å². The lowest BCUT2D eigenvalue weighted by molar-refractivity contribution is 0.380. The van der Waals surface area contributed by atoms with Gasteiger partial charge in [-0.3, -0.25) is 4.99 Å². The van der Waals surface area contributed by atoms with Gasteiger partial charge in [0.05, 0.1) is 6.54 Å². The number of benzene rings is 1. The first-order valence-corrected chi connectivity index (χ1v) is 10.5. The van der Waals surface area contributed by atoms with E-state index in [0.29, 0.717) is 35.7 Å². The lowest BCUT2D eigenvalue weighted by Gasteiger charge is -2.24. The van der Waals surface area contributed by atoms with E-state index in [4.69, 9.17) is 16.1 Å². The number of nitrogens with zero attached hydrogens (tertiary/aromatic N) is 3. The van der Waals surface area contributed by atoms with Crippen molar-refractivity contribution in [1.29, 1.82) is 0 Å². The molecule has 0 amide bonds. The van der Waals surface area contributed by atoms with Gasteiger partial charge in [0.1, 0.15) is 0 Å². The fourth-order valence-electron chi connectivity index (χ4n) is 2.73. The Bertz CT molecular complexity index is 730. The number of guanidine groups is 1. The predicted molar refractivity (Wildman–Crippen MR) is 108 cm³/mol. The predicted octanol–water partition coefficient (Wildman–Crippen LogP) is 3.38. The van der Waals surface area contributed by atoms with Crippen LogP contribution in [0.1, 0.15) is 25.7 Å². The maximum atomic E-state index is 6.01. The first-order valence-electron chi connectivity index (χ1n) is 8.95. The topological polar surface area (TPSA) is 75.3 Å². The monoisotopic (exact) mass is 393 g/mol. The summed E-state index contributed by atoms with van der Waals surface area (Å²) in [4.78, 5) is 9.07. The van der Waals surface area contributed by atoms with E-state index in [1.54, 1.807) is 0 Å². The number of aliphatic imine (C=N–C) groups is 1. The second-order valence-corrected chi connectivity index (χ2v) is 7.68. The summed E-state index contributed by atoms with van der Waals surface area (Å²) < 4.78 is 5.33. The summed E-state index contributed by atoms with van der Waals surface area (Å²) in [6, 6.07) is 7.92. The van der Waals surface area contributed by atoms with Crippen LogP contribution < -0.4 is 10.6 Å². The smallest absolute Gasteiger partial charge is 0.228 e. The highest BCUT2D eigenvalue weighted by Crippen LogP contribution is 2.20. The van der Waals surface area contributed by atoms with Gasteiger partial charge in [-0.25, -0.2) is 0 Å². The van der Waals surface area contributed by atoms with Gasteiger partial charge in [0.2, 0.25) is 11.7 Å². The Morgan fingerprint density at radius 1 is 1.46 bits per heavy atom. The second kappa shape index (κ2) is 9.83. The lowest BCUT2D eigenvalue weighted by Crippen LogP contribution is -2.45. The molecule has 140 valence electrons. The lowest BCUT2D eigenvalue weighted by atomic mass is 10.2. The standard InChI is InChI=1S/C18H24ClN5OS/c1-2-20-18(22-15-7-4-10-26-12-15)21-9-8-16-23-17(24-25-16)13-5-3-6-14(19)11-13/h3,5-6,11,15H,2,4,7-10,12H2,1H3,(H2,20,21,22). The van der Waals surface area contributed by atoms with E-state index >= 15 is 0 Å². The van der Waals surface area contributed by atoms with Crippen molar-refractivity contribution >= 4 is 29.3 Å². The van der Waals surface area contributed by atoms with Crippen LogP contribution in [-0.2, 0) is 6.42 Å². The number of rotatable bonds is 6. The Kier molecular flexibility index (Phi) is 7.20. The molecule has 0 spiro atoms. The molecule has 8 heteroatoms. The van der Waals surface area contributed by atoms with Crippen LogP contribution in [0.25, 0.3) is 11.4 Å². The summed E-state index contributed by atoms with van der Waals surface area (Å²) in [6.07, 6.45) is 3.06. The molecule has 1 aliphatic rings. The molecule has 0 bridgehead atoms. The molecule has 2 aromatic rings. The van der Waals surface area contributed by atoms with Crippen LogP contribution in [0.2, 0.25) is 5.02 Å². The molecular formula is C18H24ClN5OS. The molecule has 3 rings (SSSR count). The SMILES string of the molecule is CCNC(=NCCc1nc(-c2cccc(Cl)c2)no1)NC1CCCSC1. The van der Waals surface area contributed by atoms with E-state index in [1.807, 2.05) is 36.0 Å². The highest BCUT2D eigenvalue weighted by Gasteiger charge is 2.15. The third-order valence-corrected chi connectivity index (χ3v) is 5.44. The van der Waals surface area contributed by atoms with Crippen LogP contribution in [0.3, 0.4) is 0 Å². The van der Waals surface area contributed by atoms with Crippen LogP contribution in [0.15, 0.2) is 33.8 Å². The van der Waals surface area contributed by atoms with Gasteiger partial charge < -0.3 is 15.2 Å². The van der Waals surface area contributed by atoms with Gasteiger partial charge in [-0.2, -0.15) is 16.7 Å². The number of nitrogens with one attached hydrogen (secondary N) is 2. The molecule has 1 atom stereocenters. The van der Waals surface area contributed by atoms with E-state index in [2.05, 4.69) is 32.7 Å². The fourth-order valence-corrected chi connectivity index (χ4v) is 3.99. The maximum absolute atomic E-state index is 6.01. The number of hydrogen-bond acceptors (Lipinski definition) is 5. The zero-order valence-electron chi connectivity index (χ0n) is 14.9. The van der Waals surface area contributed by atoms with Gasteiger partial charge in [-0.1, -0.05) is 28.9 Å². The summed E-state index contributed by atoms with van der Waals surface area (Å²) in [5.41, 5.74) is 0.848. The van der Waals surface area contributed by atoms with Crippen LogP contribution >= 0.6 is 23.4 Å². The van der Waals surface area contributed by atoms with E-state index in [-0.39, 0.29) is 0 Å². The highest BCUT2D eigenvalue weighted by molar-refractivity contribution is 7.99. The Morgan fingerprint density at radius 2 is 2.38 bits per heavy atom. The van der Waals surface area contributed by atoms with Crippen LogP contribution in [0.4, 0.5) is 0 Å². The molecule has 6 nitrogen and oxygen atoms in total. The number of hydrogen-bond donors (Lipinski definition) is 2. The molecule has 1 aromatic heterocycles. The van der Waals surface area contributed by atoms with Crippen molar-refractivity contribution in [3.63, 3.8) is 0 Å². The Morgan fingerprint density at radius 3 is 3.15 bits per heavy atom. The molecule has 1 aliphatic heterocycles. The third-order valence-electron chi connectivity index (χ3n) is 3.99. The average molecular weight is 394 g/mol. The Balaban J connectivity index is 1.55. The Hall–Kier alpha value is -1.73. The van der Waals surface area contributed by atoms with Gasteiger partial charge >= 0.3 is 0 Å². The van der Waals surface area contributed by atoms with Crippen molar-refractivity contribution < 1.29 is 4.52 Å². The van der Waals surface area contributed by atoms with Gasteiger partial charge in [-0.05, 0) is 37.7 Å². The molecule has 0 radical (unpaired) electrons. The van der Waals surface area contributed by atoms with Gasteiger partial charge in [0.25, 0.3) is 0 Å². The average Bonchev–Trinajstić information content (AvgIpc) is 3.12. The molecule has 1 unspecified atom stereocenters. The quantitative estimate of drug-likeness (QED) is 0.578. The largest absolute Gasteiger partial charge is 0.357 e. The minimum atomic E-state index is 0.490. The summed E-state index contributed by atoms with van der Waals surface area (Å²) in [5.74, 6) is 4.38. The normalized spacial score (nSPS) is 17.9. The molecule has 26 heavy (non-hydrogen) atoms. The fraction of sp³-hybridized carbons (Fsp3) is 0.500. The summed E-state index contributed by atoms with van der Waals surface area (Å²) in [7, 11) is 0. The van der Waals surface area contributed by atoms with Gasteiger partial charge in [0, 0.05) is 35.3 Å².